The van der Waals surface area contributed by atoms with Crippen molar-refractivity contribution in [3.8, 4) is 22.9 Å². The molecular formula is C21H30N4O3S. The second-order valence-electron chi connectivity index (χ2n) is 7.53. The molecule has 1 aromatic carbocycles. The molecule has 0 radical (unpaired) electrons. The lowest BCUT2D eigenvalue weighted by molar-refractivity contribution is -0.127. The van der Waals surface area contributed by atoms with Crippen molar-refractivity contribution in [1.29, 1.82) is 0 Å². The summed E-state index contributed by atoms with van der Waals surface area (Å²) in [5.41, 5.74) is 0.930. The molecule has 0 N–H and O–H groups in total. The Morgan fingerprint density at radius 2 is 1.83 bits per heavy atom. The van der Waals surface area contributed by atoms with Gasteiger partial charge in [0.05, 0.1) is 19.5 Å². The van der Waals surface area contributed by atoms with E-state index in [-0.39, 0.29) is 11.2 Å². The van der Waals surface area contributed by atoms with Gasteiger partial charge in [0.1, 0.15) is 0 Å². The van der Waals surface area contributed by atoms with Crippen molar-refractivity contribution >= 4 is 17.7 Å². The Balaban J connectivity index is 2.01. The van der Waals surface area contributed by atoms with Crippen LogP contribution in [0, 0.1) is 0 Å². The summed E-state index contributed by atoms with van der Waals surface area (Å²) < 4.78 is 13.1. The molecule has 1 aromatic heterocycles. The van der Waals surface area contributed by atoms with E-state index in [2.05, 4.69) is 14.8 Å². The van der Waals surface area contributed by atoms with Crippen molar-refractivity contribution in [1.82, 2.24) is 19.7 Å². The van der Waals surface area contributed by atoms with Crippen LogP contribution in [0.15, 0.2) is 23.4 Å². The smallest absolute Gasteiger partial charge is 0.235 e. The molecular weight excluding hydrogens is 388 g/mol. The summed E-state index contributed by atoms with van der Waals surface area (Å²) >= 11 is 1.48. The molecule has 1 atom stereocenters. The molecule has 0 saturated heterocycles. The molecule has 0 aliphatic heterocycles. The topological polar surface area (TPSA) is 69.5 Å². The number of ether oxygens (including phenoxy) is 2. The summed E-state index contributed by atoms with van der Waals surface area (Å²) in [5, 5.41) is 9.57. The summed E-state index contributed by atoms with van der Waals surface area (Å²) in [6.45, 7) is 1.92. The maximum atomic E-state index is 12.4. The van der Waals surface area contributed by atoms with E-state index in [0.29, 0.717) is 17.5 Å². The summed E-state index contributed by atoms with van der Waals surface area (Å²) in [6, 6.07) is 6.14. The molecule has 7 nitrogen and oxygen atoms in total. The number of benzene rings is 1. The van der Waals surface area contributed by atoms with Gasteiger partial charge in [0.15, 0.2) is 22.5 Å². The number of thioether (sulfide) groups is 1. The van der Waals surface area contributed by atoms with Gasteiger partial charge in [0.2, 0.25) is 5.91 Å². The normalized spacial score (nSPS) is 15.8. The Bertz CT molecular complexity index is 846. The van der Waals surface area contributed by atoms with Crippen LogP contribution in [0.4, 0.5) is 0 Å². The number of nitrogens with zero attached hydrogens (tertiary/aromatic N) is 4. The van der Waals surface area contributed by atoms with Gasteiger partial charge < -0.3 is 14.4 Å². The van der Waals surface area contributed by atoms with Crippen LogP contribution in [0.5, 0.6) is 11.5 Å². The standard InChI is InChI=1S/C21H30N4O3S/c1-14(20(26)24(2)3)29-21-23-22-19(25(21)16-9-7-6-8-10-16)15-11-12-17(27-4)18(13-15)28-5/h11-14,16H,6-10H2,1-5H3/t14-/m1/s1. The SMILES string of the molecule is COc1ccc(-c2nnc(S[C@H](C)C(=O)N(C)C)n2C2CCCCC2)cc1OC. The maximum absolute atomic E-state index is 12.4. The molecule has 1 heterocycles. The molecule has 1 saturated carbocycles. The number of methoxy groups -OCH3 is 2. The minimum atomic E-state index is -0.227. The van der Waals surface area contributed by atoms with E-state index in [9.17, 15) is 4.79 Å². The van der Waals surface area contributed by atoms with E-state index < -0.39 is 0 Å². The van der Waals surface area contributed by atoms with Crippen LogP contribution < -0.4 is 9.47 Å². The summed E-state index contributed by atoms with van der Waals surface area (Å²) in [5.74, 6) is 2.22. The molecule has 1 aliphatic carbocycles. The van der Waals surface area contributed by atoms with Gasteiger partial charge in [-0.05, 0) is 38.0 Å². The second kappa shape index (κ2) is 9.52. The van der Waals surface area contributed by atoms with Crippen LogP contribution in [-0.4, -0.2) is 59.1 Å². The molecule has 29 heavy (non-hydrogen) atoms. The number of rotatable bonds is 7. The van der Waals surface area contributed by atoms with Crippen LogP contribution in [0.25, 0.3) is 11.4 Å². The van der Waals surface area contributed by atoms with Gasteiger partial charge in [-0.3, -0.25) is 9.36 Å². The largest absolute Gasteiger partial charge is 0.493 e. The van der Waals surface area contributed by atoms with Crippen molar-refractivity contribution in [2.75, 3.05) is 28.3 Å². The van der Waals surface area contributed by atoms with Crippen molar-refractivity contribution in [2.45, 2.75) is 55.5 Å². The molecule has 2 aromatic rings. The number of carbonyl (C=O) groups is 1. The third-order valence-electron chi connectivity index (χ3n) is 5.32. The Labute approximate surface area is 176 Å². The fraction of sp³-hybridized carbons (Fsp3) is 0.571. The summed E-state index contributed by atoms with van der Waals surface area (Å²) in [7, 11) is 6.81. The van der Waals surface area contributed by atoms with Crippen LogP contribution in [0.2, 0.25) is 0 Å². The molecule has 1 amide bonds. The van der Waals surface area contributed by atoms with E-state index in [4.69, 9.17) is 9.47 Å². The second-order valence-corrected chi connectivity index (χ2v) is 8.84. The highest BCUT2D eigenvalue weighted by atomic mass is 32.2. The zero-order valence-corrected chi connectivity index (χ0v) is 18.7. The third-order valence-corrected chi connectivity index (χ3v) is 6.36. The zero-order valence-electron chi connectivity index (χ0n) is 17.8. The van der Waals surface area contributed by atoms with Crippen LogP contribution in [-0.2, 0) is 4.79 Å². The Morgan fingerprint density at radius 1 is 1.14 bits per heavy atom. The number of hydrogen-bond acceptors (Lipinski definition) is 6. The summed E-state index contributed by atoms with van der Waals surface area (Å²) in [6.07, 6.45) is 5.86. The van der Waals surface area contributed by atoms with Crippen LogP contribution >= 0.6 is 11.8 Å². The minimum Gasteiger partial charge on any atom is -0.493 e. The molecule has 8 heteroatoms. The molecule has 0 spiro atoms. The lowest BCUT2D eigenvalue weighted by Crippen LogP contribution is -2.30. The number of hydrogen-bond donors (Lipinski definition) is 0. The van der Waals surface area contributed by atoms with Crippen molar-refractivity contribution in [2.24, 2.45) is 0 Å². The molecule has 0 unspecified atom stereocenters. The molecule has 158 valence electrons. The van der Waals surface area contributed by atoms with Gasteiger partial charge in [-0.1, -0.05) is 31.0 Å². The first-order chi connectivity index (χ1) is 14.0. The highest BCUT2D eigenvalue weighted by Crippen LogP contribution is 2.38. The van der Waals surface area contributed by atoms with E-state index >= 15 is 0 Å². The van der Waals surface area contributed by atoms with Gasteiger partial charge >= 0.3 is 0 Å². The first kappa shape index (κ1) is 21.5. The highest BCUT2D eigenvalue weighted by molar-refractivity contribution is 8.00. The fourth-order valence-corrected chi connectivity index (χ4v) is 4.83. The zero-order chi connectivity index (χ0) is 21.0. The van der Waals surface area contributed by atoms with Gasteiger partial charge in [-0.25, -0.2) is 0 Å². The molecule has 1 aliphatic rings. The minimum absolute atomic E-state index is 0.0702. The summed E-state index contributed by atoms with van der Waals surface area (Å²) in [4.78, 5) is 14.0. The number of amides is 1. The van der Waals surface area contributed by atoms with Crippen LogP contribution in [0.3, 0.4) is 0 Å². The first-order valence-electron chi connectivity index (χ1n) is 10.0. The van der Waals surface area contributed by atoms with Crippen molar-refractivity contribution in [3.05, 3.63) is 18.2 Å². The van der Waals surface area contributed by atoms with Gasteiger partial charge in [-0.2, -0.15) is 0 Å². The fourth-order valence-electron chi connectivity index (χ4n) is 3.77. The average Bonchev–Trinajstić information content (AvgIpc) is 3.16. The Morgan fingerprint density at radius 3 is 2.45 bits per heavy atom. The quantitative estimate of drug-likeness (QED) is 0.632. The Hall–Kier alpha value is -2.22. The van der Waals surface area contributed by atoms with E-state index in [0.717, 1.165) is 29.4 Å². The predicted octanol–water partition coefficient (Wildman–Crippen LogP) is 4.04. The number of carbonyl (C=O) groups excluding carboxylic acids is 1. The number of aromatic nitrogens is 3. The van der Waals surface area contributed by atoms with E-state index in [1.54, 1.807) is 33.2 Å². The van der Waals surface area contributed by atoms with Gasteiger partial charge in [-0.15, -0.1) is 10.2 Å². The monoisotopic (exact) mass is 418 g/mol. The highest BCUT2D eigenvalue weighted by Gasteiger charge is 2.27. The lowest BCUT2D eigenvalue weighted by atomic mass is 9.95. The van der Waals surface area contributed by atoms with E-state index in [1.165, 1.54) is 31.0 Å². The van der Waals surface area contributed by atoms with Crippen molar-refractivity contribution < 1.29 is 14.3 Å². The molecule has 1 fully saturated rings. The average molecular weight is 419 g/mol. The van der Waals surface area contributed by atoms with E-state index in [1.807, 2.05) is 25.1 Å². The van der Waals surface area contributed by atoms with Gasteiger partial charge in [0, 0.05) is 25.7 Å². The lowest BCUT2D eigenvalue weighted by Gasteiger charge is -2.26. The predicted molar refractivity (Wildman–Crippen MR) is 115 cm³/mol. The molecule has 0 bridgehead atoms. The maximum Gasteiger partial charge on any atom is 0.235 e. The Kier molecular flexibility index (Phi) is 7.05. The van der Waals surface area contributed by atoms with Gasteiger partial charge in [0.25, 0.3) is 0 Å². The molecule has 3 rings (SSSR count). The van der Waals surface area contributed by atoms with Crippen LogP contribution in [0.1, 0.15) is 45.1 Å². The third kappa shape index (κ3) is 4.69. The van der Waals surface area contributed by atoms with Crippen molar-refractivity contribution in [3.63, 3.8) is 0 Å². The first-order valence-corrected chi connectivity index (χ1v) is 10.9.